The first-order valence-electron chi connectivity index (χ1n) is 8.02. The lowest BCUT2D eigenvalue weighted by atomic mass is 9.96. The van der Waals surface area contributed by atoms with E-state index in [0.717, 1.165) is 33.0 Å². The molecule has 0 fully saturated rings. The molecule has 3 aromatic rings. The van der Waals surface area contributed by atoms with Crippen molar-refractivity contribution in [3.63, 3.8) is 0 Å². The second kappa shape index (κ2) is 6.60. The molecule has 3 rings (SSSR count). The summed E-state index contributed by atoms with van der Waals surface area (Å²) < 4.78 is 25.3. The van der Waals surface area contributed by atoms with Crippen LogP contribution in [0.2, 0.25) is 0 Å². The van der Waals surface area contributed by atoms with Gasteiger partial charge in [-0.15, -0.1) is 0 Å². The van der Waals surface area contributed by atoms with E-state index in [0.29, 0.717) is 11.3 Å². The van der Waals surface area contributed by atoms with E-state index in [9.17, 15) is 13.5 Å². The number of H-pyrrole nitrogens is 1. The van der Waals surface area contributed by atoms with Crippen molar-refractivity contribution in [1.29, 1.82) is 0 Å². The van der Waals surface area contributed by atoms with E-state index in [1.54, 1.807) is 24.3 Å². The molecule has 0 aliphatic heterocycles. The number of aliphatic hydroxyl groups excluding tert-OH is 1. The molecule has 7 heteroatoms. The molecule has 1 aromatic heterocycles. The zero-order chi connectivity index (χ0) is 19.1. The van der Waals surface area contributed by atoms with E-state index in [4.69, 9.17) is 5.73 Å². The molecule has 6 nitrogen and oxygen atoms in total. The number of aromatic amines is 1. The van der Waals surface area contributed by atoms with Crippen molar-refractivity contribution in [2.45, 2.75) is 13.2 Å². The molecule has 0 spiro atoms. The number of fused-ring (bicyclic) bond motifs is 1. The second-order valence-corrected chi connectivity index (χ2v) is 8.01. The summed E-state index contributed by atoms with van der Waals surface area (Å²) in [6.07, 6.45) is 0.776. The van der Waals surface area contributed by atoms with Crippen molar-refractivity contribution in [3.8, 4) is 11.1 Å². The van der Waals surface area contributed by atoms with Crippen LogP contribution < -0.4 is 10.0 Å². The molecule has 0 saturated carbocycles. The molecule has 0 radical (unpaired) electrons. The largest absolute Gasteiger partial charge is 0.374 e. The van der Waals surface area contributed by atoms with E-state index in [2.05, 4.69) is 11.6 Å². The molecule has 0 aliphatic carbocycles. The van der Waals surface area contributed by atoms with Crippen LogP contribution in [0.25, 0.3) is 22.0 Å². The number of hydrogen-bond donors (Lipinski definition) is 3. The van der Waals surface area contributed by atoms with Crippen molar-refractivity contribution in [3.05, 3.63) is 65.7 Å². The predicted octanol–water partition coefficient (Wildman–Crippen LogP) is 3.00. The minimum atomic E-state index is -3.57. The fourth-order valence-electron chi connectivity index (χ4n) is 3.05. The molecule has 0 amide bonds. The van der Waals surface area contributed by atoms with Gasteiger partial charge in [-0.05, 0) is 35.7 Å². The first-order valence-corrected chi connectivity index (χ1v) is 9.52. The lowest BCUT2D eigenvalue weighted by molar-refractivity contribution is 0.187. The van der Waals surface area contributed by atoms with Gasteiger partial charge in [0.05, 0.1) is 11.2 Å². The summed E-state index contributed by atoms with van der Waals surface area (Å²) in [5.41, 5.74) is 10.4. The van der Waals surface area contributed by atoms with Crippen LogP contribution >= 0.6 is 0 Å². The first kappa shape index (κ1) is 18.2. The van der Waals surface area contributed by atoms with E-state index in [-0.39, 0.29) is 0 Å². The third-order valence-corrected chi connectivity index (χ3v) is 5.89. The molecule has 1 atom stereocenters. The van der Waals surface area contributed by atoms with Gasteiger partial charge >= 0.3 is 0 Å². The van der Waals surface area contributed by atoms with Gasteiger partial charge in [0.25, 0.3) is 10.0 Å². The van der Waals surface area contributed by atoms with Crippen LogP contribution in [-0.2, 0) is 10.0 Å². The highest BCUT2D eigenvalue weighted by atomic mass is 32.2. The van der Waals surface area contributed by atoms with Gasteiger partial charge in [-0.3, -0.25) is 4.31 Å². The van der Waals surface area contributed by atoms with Crippen LogP contribution in [0, 0.1) is 6.92 Å². The highest BCUT2D eigenvalue weighted by molar-refractivity contribution is 7.95. The summed E-state index contributed by atoms with van der Waals surface area (Å²) in [5.74, 6) is 0. The summed E-state index contributed by atoms with van der Waals surface area (Å²) in [6, 6.07) is 10.9. The summed E-state index contributed by atoms with van der Waals surface area (Å²) in [7, 11) is -2.08. The van der Waals surface area contributed by atoms with Crippen molar-refractivity contribution < 1.29 is 13.5 Å². The smallest absolute Gasteiger partial charge is 0.256 e. The average Bonchev–Trinajstić information content (AvgIpc) is 3.02. The molecule has 26 heavy (non-hydrogen) atoms. The maximum atomic E-state index is 12.1. The van der Waals surface area contributed by atoms with Gasteiger partial charge in [-0.25, -0.2) is 8.42 Å². The fourth-order valence-corrected chi connectivity index (χ4v) is 3.68. The van der Waals surface area contributed by atoms with Crippen molar-refractivity contribution >= 4 is 26.6 Å². The van der Waals surface area contributed by atoms with Gasteiger partial charge in [0, 0.05) is 29.6 Å². The topological polar surface area (TPSA) is 99.4 Å². The van der Waals surface area contributed by atoms with Gasteiger partial charge in [-0.2, -0.15) is 0 Å². The number of sulfonamides is 1. The van der Waals surface area contributed by atoms with Gasteiger partial charge < -0.3 is 15.8 Å². The third-order valence-electron chi connectivity index (χ3n) is 4.50. The lowest BCUT2D eigenvalue weighted by Gasteiger charge is -2.18. The molecule has 2 aromatic carbocycles. The zero-order valence-corrected chi connectivity index (χ0v) is 15.4. The summed E-state index contributed by atoms with van der Waals surface area (Å²) in [4.78, 5) is 3.16. The van der Waals surface area contributed by atoms with E-state index < -0.39 is 16.3 Å². The Labute approximate surface area is 152 Å². The standard InChI is InChI=1S/C19H21N3O3S/c1-4-26(24,25)22(3)14-7-5-6-13(10-14)15-8-9-16(19(20)23)18-17(15)12(2)11-21-18/h4-11,19,21,23H,1,20H2,2-3H3. The summed E-state index contributed by atoms with van der Waals surface area (Å²) in [6.45, 7) is 5.33. The maximum Gasteiger partial charge on any atom is 0.256 e. The van der Waals surface area contributed by atoms with Crippen LogP contribution in [0.1, 0.15) is 17.4 Å². The number of hydrogen-bond acceptors (Lipinski definition) is 4. The minimum Gasteiger partial charge on any atom is -0.374 e. The third kappa shape index (κ3) is 3.01. The number of rotatable bonds is 5. The number of anilines is 1. The number of nitrogens with one attached hydrogen (secondary N) is 1. The minimum absolute atomic E-state index is 0.534. The Bertz CT molecular complexity index is 1080. The average molecular weight is 371 g/mol. The van der Waals surface area contributed by atoms with Crippen LogP contribution in [0.15, 0.2) is 54.6 Å². The Balaban J connectivity index is 2.20. The Morgan fingerprint density at radius 3 is 2.69 bits per heavy atom. The summed E-state index contributed by atoms with van der Waals surface area (Å²) in [5, 5.41) is 11.7. The van der Waals surface area contributed by atoms with Crippen molar-refractivity contribution in [2.75, 3.05) is 11.4 Å². The van der Waals surface area contributed by atoms with Crippen LogP contribution in [-0.4, -0.2) is 25.6 Å². The van der Waals surface area contributed by atoms with Crippen LogP contribution in [0.5, 0.6) is 0 Å². The lowest BCUT2D eigenvalue weighted by Crippen LogP contribution is -2.23. The highest BCUT2D eigenvalue weighted by Crippen LogP contribution is 2.35. The molecule has 136 valence electrons. The Kier molecular flexibility index (Phi) is 4.62. The van der Waals surface area contributed by atoms with E-state index >= 15 is 0 Å². The Morgan fingerprint density at radius 1 is 1.31 bits per heavy atom. The first-order chi connectivity index (χ1) is 12.3. The van der Waals surface area contributed by atoms with Gasteiger partial charge in [-0.1, -0.05) is 30.8 Å². The number of nitrogens with zero attached hydrogens (tertiary/aromatic N) is 1. The highest BCUT2D eigenvalue weighted by Gasteiger charge is 2.17. The monoisotopic (exact) mass is 371 g/mol. The molecule has 4 N–H and O–H groups in total. The molecule has 0 saturated heterocycles. The number of nitrogens with two attached hydrogens (primary N) is 1. The van der Waals surface area contributed by atoms with Gasteiger partial charge in [0.15, 0.2) is 0 Å². The normalized spacial score (nSPS) is 12.9. The zero-order valence-electron chi connectivity index (χ0n) is 14.6. The van der Waals surface area contributed by atoms with Crippen LogP contribution in [0.3, 0.4) is 0 Å². The number of aliphatic hydroxyl groups is 1. The summed E-state index contributed by atoms with van der Waals surface area (Å²) >= 11 is 0. The van der Waals surface area contributed by atoms with Gasteiger partial charge in [0.2, 0.25) is 0 Å². The second-order valence-electron chi connectivity index (χ2n) is 6.10. The van der Waals surface area contributed by atoms with Crippen molar-refractivity contribution in [1.82, 2.24) is 4.98 Å². The van der Waals surface area contributed by atoms with Crippen LogP contribution in [0.4, 0.5) is 5.69 Å². The van der Waals surface area contributed by atoms with E-state index in [1.807, 2.05) is 25.3 Å². The van der Waals surface area contributed by atoms with Gasteiger partial charge in [0.1, 0.15) is 6.23 Å². The SMILES string of the molecule is C=CS(=O)(=O)N(C)c1cccc(-c2ccc(C(N)O)c3[nH]cc(C)c23)c1. The molecule has 1 heterocycles. The molecule has 1 unspecified atom stereocenters. The van der Waals surface area contributed by atoms with Crippen molar-refractivity contribution in [2.24, 2.45) is 5.73 Å². The number of benzene rings is 2. The predicted molar refractivity (Wildman–Crippen MR) is 105 cm³/mol. The molecular weight excluding hydrogens is 350 g/mol. The Morgan fingerprint density at radius 2 is 2.04 bits per heavy atom. The molecule has 0 bridgehead atoms. The van der Waals surface area contributed by atoms with E-state index in [1.165, 1.54) is 11.4 Å². The maximum absolute atomic E-state index is 12.1. The fraction of sp³-hybridized carbons (Fsp3) is 0.158. The quantitative estimate of drug-likeness (QED) is 0.600. The number of aromatic nitrogens is 1. The Hall–Kier alpha value is -2.61. The molecule has 0 aliphatic rings. The number of aryl methyl sites for hydroxylation is 1. The molecular formula is C19H21N3O3S.